The summed E-state index contributed by atoms with van der Waals surface area (Å²) in [6.45, 7) is 8.97. The molecule has 0 spiro atoms. The van der Waals surface area contributed by atoms with Gasteiger partial charge in [-0.15, -0.1) is 0 Å². The van der Waals surface area contributed by atoms with E-state index < -0.39 is 0 Å². The molecule has 0 atom stereocenters. The highest BCUT2D eigenvalue weighted by Gasteiger charge is 1.88. The van der Waals surface area contributed by atoms with Crippen LogP contribution in [-0.2, 0) is 0 Å². The average molecular weight is 168 g/mol. The third-order valence-corrected chi connectivity index (χ3v) is 1.25. The Hall–Kier alpha value is -1.05. The van der Waals surface area contributed by atoms with Crippen molar-refractivity contribution >= 4 is 5.82 Å². The summed E-state index contributed by atoms with van der Waals surface area (Å²) < 4.78 is 0. The molecule has 0 radical (unpaired) electrons. The summed E-state index contributed by atoms with van der Waals surface area (Å²) in [5.74, 6) is 0.961. The van der Waals surface area contributed by atoms with Gasteiger partial charge < -0.3 is 5.32 Å². The molecule has 0 aliphatic carbocycles. The van der Waals surface area contributed by atoms with Crippen molar-refractivity contribution in [3.05, 3.63) is 23.9 Å². The van der Waals surface area contributed by atoms with Gasteiger partial charge in [0.15, 0.2) is 0 Å². The Bertz CT molecular complexity index is 214. The fourth-order valence-electron chi connectivity index (χ4n) is 0.823. The maximum Gasteiger partial charge on any atom is 0.126 e. The van der Waals surface area contributed by atoms with Gasteiger partial charge in [0.1, 0.15) is 5.82 Å². The van der Waals surface area contributed by atoms with Crippen LogP contribution in [0.15, 0.2) is 18.2 Å². The van der Waals surface area contributed by atoms with E-state index in [2.05, 4.69) is 17.2 Å². The van der Waals surface area contributed by atoms with E-state index in [0.29, 0.717) is 0 Å². The Morgan fingerprint density at radius 1 is 1.42 bits per heavy atom. The van der Waals surface area contributed by atoms with Crippen molar-refractivity contribution in [2.45, 2.75) is 27.7 Å². The zero-order valence-corrected chi connectivity index (χ0v) is 8.39. The lowest BCUT2D eigenvalue weighted by Gasteiger charge is -2.00. The van der Waals surface area contributed by atoms with Gasteiger partial charge in [0.05, 0.1) is 0 Å². The Labute approximate surface area is 76.5 Å². The molecule has 1 heterocycles. The zero-order valence-electron chi connectivity index (χ0n) is 8.39. The summed E-state index contributed by atoms with van der Waals surface area (Å²) in [7, 11) is 0. The second-order valence-electron chi connectivity index (χ2n) is 2.19. The molecule has 0 bridgehead atoms. The maximum absolute atomic E-state index is 4.25. The molecule has 0 fully saturated rings. The zero-order chi connectivity index (χ0) is 9.40. The van der Waals surface area contributed by atoms with Crippen LogP contribution in [0.5, 0.6) is 0 Å². The lowest BCUT2D eigenvalue weighted by molar-refractivity contribution is 1.12. The topological polar surface area (TPSA) is 24.9 Å². The lowest BCUT2D eigenvalue weighted by atomic mass is 10.4. The van der Waals surface area contributed by atoms with Gasteiger partial charge in [-0.05, 0) is 26.0 Å². The number of pyridine rings is 1. The summed E-state index contributed by atoms with van der Waals surface area (Å²) in [6.07, 6.45) is 0. The number of aryl methyl sites for hydroxylation is 1. The van der Waals surface area contributed by atoms with E-state index in [4.69, 9.17) is 0 Å². The Morgan fingerprint density at radius 2 is 2.08 bits per heavy atom. The molecule has 0 aliphatic rings. The number of hydrogen-bond acceptors (Lipinski definition) is 2. The molecule has 0 saturated carbocycles. The number of nitrogens with zero attached hydrogens (tertiary/aromatic N) is 1. The van der Waals surface area contributed by atoms with Crippen molar-refractivity contribution in [3.63, 3.8) is 0 Å². The molecule has 0 saturated heterocycles. The minimum absolute atomic E-state index is 0. The number of hydrogen-bond donors (Lipinski definition) is 1. The molecule has 0 amide bonds. The van der Waals surface area contributed by atoms with Crippen LogP contribution < -0.4 is 5.32 Å². The Kier molecular flexibility index (Phi) is 6.07. The first-order valence-corrected chi connectivity index (χ1v) is 4.50. The van der Waals surface area contributed by atoms with E-state index in [-0.39, 0.29) is 1.43 Å². The summed E-state index contributed by atoms with van der Waals surface area (Å²) in [5.41, 5.74) is 1.05. The molecule has 0 aliphatic heterocycles. The third kappa shape index (κ3) is 3.96. The van der Waals surface area contributed by atoms with Crippen LogP contribution in [0.1, 0.15) is 27.9 Å². The van der Waals surface area contributed by atoms with Gasteiger partial charge in [-0.2, -0.15) is 0 Å². The molecular formula is C10H20N2. The molecule has 1 aromatic heterocycles. The molecule has 70 valence electrons. The minimum atomic E-state index is 0. The maximum atomic E-state index is 4.25. The average Bonchev–Trinajstić information content (AvgIpc) is 2.09. The van der Waals surface area contributed by atoms with Crippen LogP contribution in [0, 0.1) is 6.92 Å². The van der Waals surface area contributed by atoms with Gasteiger partial charge in [-0.1, -0.05) is 19.9 Å². The molecule has 1 N–H and O–H groups in total. The molecule has 2 nitrogen and oxygen atoms in total. The van der Waals surface area contributed by atoms with E-state index in [1.165, 1.54) is 0 Å². The third-order valence-electron chi connectivity index (χ3n) is 1.25. The summed E-state index contributed by atoms with van der Waals surface area (Å²) in [4.78, 5) is 4.25. The Balaban J connectivity index is 0. The number of aromatic nitrogens is 1. The van der Waals surface area contributed by atoms with Gasteiger partial charge in [0.25, 0.3) is 0 Å². The van der Waals surface area contributed by atoms with E-state index in [1.807, 2.05) is 39.0 Å². The normalized spacial score (nSPS) is 8.33. The summed E-state index contributed by atoms with van der Waals surface area (Å²) in [6, 6.07) is 5.96. The Morgan fingerprint density at radius 3 is 2.58 bits per heavy atom. The van der Waals surface area contributed by atoms with E-state index in [1.54, 1.807) is 0 Å². The van der Waals surface area contributed by atoms with Crippen LogP contribution in [0.4, 0.5) is 5.82 Å². The molecular weight excluding hydrogens is 148 g/mol. The molecule has 2 heteroatoms. The summed E-state index contributed by atoms with van der Waals surface area (Å²) >= 11 is 0. The molecule has 0 aromatic carbocycles. The van der Waals surface area contributed by atoms with Crippen molar-refractivity contribution in [1.29, 1.82) is 0 Å². The van der Waals surface area contributed by atoms with Gasteiger partial charge in [0.2, 0.25) is 0 Å². The summed E-state index contributed by atoms with van der Waals surface area (Å²) in [5, 5.41) is 3.14. The van der Waals surface area contributed by atoms with Crippen molar-refractivity contribution in [1.82, 2.24) is 4.98 Å². The van der Waals surface area contributed by atoms with E-state index in [9.17, 15) is 0 Å². The molecule has 0 unspecified atom stereocenters. The van der Waals surface area contributed by atoms with Crippen molar-refractivity contribution < 1.29 is 1.43 Å². The van der Waals surface area contributed by atoms with Crippen LogP contribution in [-0.4, -0.2) is 11.5 Å². The smallest absolute Gasteiger partial charge is 0.126 e. The highest BCUT2D eigenvalue weighted by molar-refractivity contribution is 5.34. The second-order valence-corrected chi connectivity index (χ2v) is 2.19. The minimum Gasteiger partial charge on any atom is -0.370 e. The van der Waals surface area contributed by atoms with Crippen LogP contribution in [0.25, 0.3) is 0 Å². The van der Waals surface area contributed by atoms with Crippen molar-refractivity contribution in [3.8, 4) is 0 Å². The van der Waals surface area contributed by atoms with Crippen molar-refractivity contribution in [2.24, 2.45) is 0 Å². The van der Waals surface area contributed by atoms with Gasteiger partial charge in [-0.25, -0.2) is 4.98 Å². The van der Waals surface area contributed by atoms with Gasteiger partial charge in [-0.3, -0.25) is 0 Å². The molecule has 1 rings (SSSR count). The first-order valence-electron chi connectivity index (χ1n) is 4.50. The molecule has 1 aromatic rings. The SMILES string of the molecule is CC.CCNc1cccc(C)n1.[HH]. The largest absolute Gasteiger partial charge is 0.370 e. The first kappa shape index (κ1) is 11.0. The lowest BCUT2D eigenvalue weighted by Crippen LogP contribution is -1.98. The highest BCUT2D eigenvalue weighted by atomic mass is 15.0. The fourth-order valence-corrected chi connectivity index (χ4v) is 0.823. The van der Waals surface area contributed by atoms with E-state index >= 15 is 0 Å². The standard InChI is InChI=1S/C8H12N2.C2H6.H2/c1-3-9-8-6-4-5-7(2)10-8;1-2;/h4-6H,3H2,1-2H3,(H,9,10);1-2H3;1H. The predicted molar refractivity (Wildman–Crippen MR) is 56.6 cm³/mol. The van der Waals surface area contributed by atoms with Crippen LogP contribution >= 0.6 is 0 Å². The second kappa shape index (κ2) is 6.65. The molecule has 12 heavy (non-hydrogen) atoms. The van der Waals surface area contributed by atoms with Crippen LogP contribution in [0.2, 0.25) is 0 Å². The van der Waals surface area contributed by atoms with Gasteiger partial charge in [0, 0.05) is 13.7 Å². The van der Waals surface area contributed by atoms with Gasteiger partial charge >= 0.3 is 0 Å². The van der Waals surface area contributed by atoms with E-state index in [0.717, 1.165) is 18.1 Å². The van der Waals surface area contributed by atoms with Crippen LogP contribution in [0.3, 0.4) is 0 Å². The number of nitrogens with one attached hydrogen (secondary N) is 1. The highest BCUT2D eigenvalue weighted by Crippen LogP contribution is 2.02. The first-order chi connectivity index (χ1) is 5.83. The number of rotatable bonds is 2. The van der Waals surface area contributed by atoms with Crippen molar-refractivity contribution in [2.75, 3.05) is 11.9 Å². The predicted octanol–water partition coefficient (Wildman–Crippen LogP) is 3.09. The fraction of sp³-hybridized carbons (Fsp3) is 0.500. The number of anilines is 1. The quantitative estimate of drug-likeness (QED) is 0.734. The monoisotopic (exact) mass is 168 g/mol.